The fourth-order valence-electron chi connectivity index (χ4n) is 3.34. The Labute approximate surface area is 146 Å². The highest BCUT2D eigenvalue weighted by Gasteiger charge is 2.22. The molecule has 4 heteroatoms. The minimum atomic E-state index is 0. The van der Waals surface area contributed by atoms with Gasteiger partial charge in [-0.15, -0.1) is 24.8 Å². The summed E-state index contributed by atoms with van der Waals surface area (Å²) < 4.78 is 0. The van der Waals surface area contributed by atoms with Crippen LogP contribution in [-0.4, -0.2) is 31.1 Å². The third-order valence-electron chi connectivity index (χ3n) is 4.34. The average molecular weight is 341 g/mol. The van der Waals surface area contributed by atoms with Gasteiger partial charge in [0.2, 0.25) is 0 Å². The van der Waals surface area contributed by atoms with Crippen LogP contribution in [0.25, 0.3) is 10.8 Å². The molecule has 1 heterocycles. The van der Waals surface area contributed by atoms with Gasteiger partial charge in [0.05, 0.1) is 0 Å². The van der Waals surface area contributed by atoms with Crippen LogP contribution in [0.15, 0.2) is 42.5 Å². The van der Waals surface area contributed by atoms with Crippen molar-refractivity contribution in [3.05, 3.63) is 48.0 Å². The predicted molar refractivity (Wildman–Crippen MR) is 101 cm³/mol. The topological polar surface area (TPSA) is 15.3 Å². The van der Waals surface area contributed by atoms with E-state index in [1.54, 1.807) is 0 Å². The number of halogens is 2. The lowest BCUT2D eigenvalue weighted by molar-refractivity contribution is 0.165. The first-order valence-corrected chi connectivity index (χ1v) is 7.82. The number of piperazine rings is 1. The van der Waals surface area contributed by atoms with Gasteiger partial charge in [-0.05, 0) is 22.8 Å². The molecule has 0 amide bonds. The quantitative estimate of drug-likeness (QED) is 0.885. The molecule has 22 heavy (non-hydrogen) atoms. The monoisotopic (exact) mass is 340 g/mol. The van der Waals surface area contributed by atoms with Crippen LogP contribution < -0.4 is 5.32 Å². The van der Waals surface area contributed by atoms with Crippen LogP contribution in [0, 0.1) is 0 Å². The van der Waals surface area contributed by atoms with Gasteiger partial charge in [-0.2, -0.15) is 0 Å². The zero-order chi connectivity index (χ0) is 13.8. The molecule has 0 unspecified atom stereocenters. The molecule has 0 aliphatic carbocycles. The number of benzene rings is 2. The number of hydrogen-bond donors (Lipinski definition) is 1. The van der Waals surface area contributed by atoms with Crippen LogP contribution in [0.5, 0.6) is 0 Å². The van der Waals surface area contributed by atoms with Crippen molar-refractivity contribution in [2.45, 2.75) is 25.8 Å². The Morgan fingerprint density at radius 1 is 1.00 bits per heavy atom. The van der Waals surface area contributed by atoms with Crippen molar-refractivity contribution < 1.29 is 0 Å². The Morgan fingerprint density at radius 3 is 2.41 bits per heavy atom. The van der Waals surface area contributed by atoms with Crippen molar-refractivity contribution in [1.82, 2.24) is 10.2 Å². The van der Waals surface area contributed by atoms with Gasteiger partial charge in [-0.3, -0.25) is 4.90 Å². The first-order chi connectivity index (χ1) is 9.90. The van der Waals surface area contributed by atoms with Crippen LogP contribution in [0.2, 0.25) is 0 Å². The van der Waals surface area contributed by atoms with E-state index in [4.69, 9.17) is 0 Å². The standard InChI is InChI=1S/C18H24N2.2ClH/c1-2-6-18(20-13-11-19-12-14-20)17-10-5-8-15-7-3-4-9-16(15)17;;/h3-5,7-10,18-19H,2,6,11-14H2,1H3;2*1H/t18-;;/m0../s1. The number of hydrogen-bond acceptors (Lipinski definition) is 2. The molecule has 3 rings (SSSR count). The van der Waals surface area contributed by atoms with Gasteiger partial charge in [-0.1, -0.05) is 55.8 Å². The molecule has 0 aromatic heterocycles. The zero-order valence-electron chi connectivity index (χ0n) is 13.1. The van der Waals surface area contributed by atoms with Crippen molar-refractivity contribution in [2.75, 3.05) is 26.2 Å². The number of fused-ring (bicyclic) bond motifs is 1. The smallest absolute Gasteiger partial charge is 0.0355 e. The van der Waals surface area contributed by atoms with E-state index >= 15 is 0 Å². The average Bonchev–Trinajstić information content (AvgIpc) is 2.53. The van der Waals surface area contributed by atoms with E-state index in [-0.39, 0.29) is 24.8 Å². The Morgan fingerprint density at radius 2 is 1.68 bits per heavy atom. The van der Waals surface area contributed by atoms with Crippen molar-refractivity contribution in [3.63, 3.8) is 0 Å². The summed E-state index contributed by atoms with van der Waals surface area (Å²) in [7, 11) is 0. The highest BCUT2D eigenvalue weighted by Crippen LogP contribution is 2.31. The molecular formula is C18H26Cl2N2. The number of rotatable bonds is 4. The van der Waals surface area contributed by atoms with Gasteiger partial charge in [0.15, 0.2) is 0 Å². The molecule has 1 saturated heterocycles. The van der Waals surface area contributed by atoms with Crippen LogP contribution in [-0.2, 0) is 0 Å². The summed E-state index contributed by atoms with van der Waals surface area (Å²) in [5.74, 6) is 0. The lowest BCUT2D eigenvalue weighted by atomic mass is 9.94. The van der Waals surface area contributed by atoms with Crippen LogP contribution in [0.3, 0.4) is 0 Å². The van der Waals surface area contributed by atoms with Crippen molar-refractivity contribution in [1.29, 1.82) is 0 Å². The number of nitrogens with one attached hydrogen (secondary N) is 1. The highest BCUT2D eigenvalue weighted by atomic mass is 35.5. The molecule has 2 aromatic carbocycles. The first kappa shape index (κ1) is 19.2. The molecule has 1 aliphatic rings. The van der Waals surface area contributed by atoms with Gasteiger partial charge in [-0.25, -0.2) is 0 Å². The van der Waals surface area contributed by atoms with Crippen molar-refractivity contribution >= 4 is 35.6 Å². The Hall–Kier alpha value is -0.800. The molecule has 2 aromatic rings. The molecule has 1 atom stereocenters. The lowest BCUT2D eigenvalue weighted by Gasteiger charge is -2.35. The maximum Gasteiger partial charge on any atom is 0.0355 e. The summed E-state index contributed by atoms with van der Waals surface area (Å²) in [6.45, 7) is 6.85. The second-order valence-electron chi connectivity index (χ2n) is 5.66. The van der Waals surface area contributed by atoms with Gasteiger partial charge in [0, 0.05) is 32.2 Å². The third-order valence-corrected chi connectivity index (χ3v) is 4.34. The van der Waals surface area contributed by atoms with Crippen molar-refractivity contribution in [3.8, 4) is 0 Å². The molecular weight excluding hydrogens is 315 g/mol. The molecule has 0 saturated carbocycles. The lowest BCUT2D eigenvalue weighted by Crippen LogP contribution is -2.45. The maximum atomic E-state index is 3.46. The maximum absolute atomic E-state index is 3.46. The fraction of sp³-hybridized carbons (Fsp3) is 0.444. The van der Waals surface area contributed by atoms with E-state index in [1.807, 2.05) is 0 Å². The fourth-order valence-corrected chi connectivity index (χ4v) is 3.34. The summed E-state index contributed by atoms with van der Waals surface area (Å²) in [5.41, 5.74) is 1.51. The Bertz CT molecular complexity index is 563. The van der Waals surface area contributed by atoms with E-state index < -0.39 is 0 Å². The molecule has 1 N–H and O–H groups in total. The molecule has 2 nitrogen and oxygen atoms in total. The van der Waals surface area contributed by atoms with Crippen molar-refractivity contribution in [2.24, 2.45) is 0 Å². The van der Waals surface area contributed by atoms with E-state index in [1.165, 1.54) is 29.2 Å². The van der Waals surface area contributed by atoms with Crippen LogP contribution in [0.4, 0.5) is 0 Å². The molecule has 1 aliphatic heterocycles. The summed E-state index contributed by atoms with van der Waals surface area (Å²) in [5, 5.41) is 6.24. The SMILES string of the molecule is CCC[C@@H](c1cccc2ccccc12)N1CCNCC1.Cl.Cl. The molecule has 0 radical (unpaired) electrons. The summed E-state index contributed by atoms with van der Waals surface area (Å²) in [6, 6.07) is 16.1. The summed E-state index contributed by atoms with van der Waals surface area (Å²) in [6.07, 6.45) is 2.48. The molecule has 1 fully saturated rings. The van der Waals surface area contributed by atoms with E-state index in [0.29, 0.717) is 6.04 Å². The normalized spacial score (nSPS) is 16.6. The highest BCUT2D eigenvalue weighted by molar-refractivity contribution is 5.86. The Balaban J connectivity index is 0.00000121. The largest absolute Gasteiger partial charge is 0.314 e. The van der Waals surface area contributed by atoms with Gasteiger partial charge < -0.3 is 5.32 Å². The number of nitrogens with zero attached hydrogens (tertiary/aromatic N) is 1. The van der Waals surface area contributed by atoms with E-state index in [9.17, 15) is 0 Å². The summed E-state index contributed by atoms with van der Waals surface area (Å²) in [4.78, 5) is 2.65. The van der Waals surface area contributed by atoms with Gasteiger partial charge in [0.25, 0.3) is 0 Å². The second kappa shape index (κ2) is 9.36. The van der Waals surface area contributed by atoms with Gasteiger partial charge in [0.1, 0.15) is 0 Å². The zero-order valence-corrected chi connectivity index (χ0v) is 14.8. The minimum Gasteiger partial charge on any atom is -0.314 e. The first-order valence-electron chi connectivity index (χ1n) is 7.82. The van der Waals surface area contributed by atoms with E-state index in [0.717, 1.165) is 26.2 Å². The van der Waals surface area contributed by atoms with Gasteiger partial charge >= 0.3 is 0 Å². The predicted octanol–water partition coefficient (Wildman–Crippen LogP) is 4.43. The second-order valence-corrected chi connectivity index (χ2v) is 5.66. The van der Waals surface area contributed by atoms with Crippen LogP contribution in [0.1, 0.15) is 31.4 Å². The molecule has 0 spiro atoms. The molecule has 0 bridgehead atoms. The molecule has 122 valence electrons. The third kappa shape index (κ3) is 4.14. The summed E-state index contributed by atoms with van der Waals surface area (Å²) >= 11 is 0. The minimum absolute atomic E-state index is 0. The Kier molecular flexibility index (Phi) is 8.19. The van der Waals surface area contributed by atoms with E-state index in [2.05, 4.69) is 59.6 Å². The van der Waals surface area contributed by atoms with Crippen LogP contribution >= 0.6 is 24.8 Å².